The van der Waals surface area contributed by atoms with E-state index in [0.29, 0.717) is 0 Å². The van der Waals surface area contributed by atoms with Crippen molar-refractivity contribution in [2.45, 2.75) is 6.04 Å². The number of nitrogens with zero attached hydrogens (tertiary/aromatic N) is 3. The van der Waals surface area contributed by atoms with E-state index in [1.165, 1.54) is 0 Å². The molecule has 0 spiro atoms. The van der Waals surface area contributed by atoms with Crippen molar-refractivity contribution in [2.24, 2.45) is 12.8 Å². The first-order chi connectivity index (χ1) is 7.18. The second-order valence-electron chi connectivity index (χ2n) is 3.26. The summed E-state index contributed by atoms with van der Waals surface area (Å²) >= 11 is 3.42. The van der Waals surface area contributed by atoms with Crippen LogP contribution in [0.4, 0.5) is 0 Å². The van der Waals surface area contributed by atoms with E-state index < -0.39 is 0 Å². The summed E-state index contributed by atoms with van der Waals surface area (Å²) in [6.45, 7) is 0. The van der Waals surface area contributed by atoms with E-state index in [0.717, 1.165) is 15.9 Å². The first kappa shape index (κ1) is 10.3. The first-order valence-electron chi connectivity index (χ1n) is 4.54. The highest BCUT2D eigenvalue weighted by Crippen LogP contribution is 2.23. The van der Waals surface area contributed by atoms with Crippen molar-refractivity contribution >= 4 is 15.9 Å². The van der Waals surface area contributed by atoms with Crippen molar-refractivity contribution in [3.05, 3.63) is 46.5 Å². The minimum absolute atomic E-state index is 0.290. The van der Waals surface area contributed by atoms with E-state index in [9.17, 15) is 0 Å². The van der Waals surface area contributed by atoms with E-state index >= 15 is 0 Å². The average Bonchev–Trinajstić information content (AvgIpc) is 2.65. The van der Waals surface area contributed by atoms with Crippen molar-refractivity contribution in [1.29, 1.82) is 0 Å². The van der Waals surface area contributed by atoms with Crippen LogP contribution < -0.4 is 5.73 Å². The number of hydrogen-bond donors (Lipinski definition) is 1. The lowest BCUT2D eigenvalue weighted by Crippen LogP contribution is -2.15. The number of nitrogens with two attached hydrogens (primary N) is 1. The fraction of sp³-hybridized carbons (Fsp3) is 0.200. The molecule has 0 saturated heterocycles. The van der Waals surface area contributed by atoms with Gasteiger partial charge in [-0.1, -0.05) is 0 Å². The van der Waals surface area contributed by atoms with Gasteiger partial charge in [-0.25, -0.2) is 0 Å². The summed E-state index contributed by atoms with van der Waals surface area (Å²) in [4.78, 5) is 4.24. The summed E-state index contributed by atoms with van der Waals surface area (Å²) in [6, 6.07) is 5.39. The van der Waals surface area contributed by atoms with Crippen LogP contribution in [-0.2, 0) is 7.05 Å². The Kier molecular flexibility index (Phi) is 2.83. The summed E-state index contributed by atoms with van der Waals surface area (Å²) in [6.07, 6.45) is 3.59. The summed E-state index contributed by atoms with van der Waals surface area (Å²) in [5.41, 5.74) is 7.68. The zero-order chi connectivity index (χ0) is 10.8. The third-order valence-corrected chi connectivity index (χ3v) is 2.80. The molecule has 0 aliphatic carbocycles. The van der Waals surface area contributed by atoms with Gasteiger partial charge in [0.1, 0.15) is 0 Å². The molecule has 1 unspecified atom stereocenters. The fourth-order valence-corrected chi connectivity index (χ4v) is 1.87. The maximum atomic E-state index is 6.06. The topological polar surface area (TPSA) is 56.7 Å². The van der Waals surface area contributed by atoms with Crippen molar-refractivity contribution in [2.75, 3.05) is 0 Å². The van der Waals surface area contributed by atoms with Gasteiger partial charge in [-0.15, -0.1) is 0 Å². The molecule has 2 N–H and O–H groups in total. The standard InChI is InChI=1S/C10H11BrN4/c1-15-6-4-8(14-15)9(12)10-7(11)3-2-5-13-10/h2-6,9H,12H2,1H3. The second kappa shape index (κ2) is 4.12. The highest BCUT2D eigenvalue weighted by molar-refractivity contribution is 9.10. The molecule has 1 atom stereocenters. The number of aryl methyl sites for hydroxylation is 1. The monoisotopic (exact) mass is 266 g/mol. The van der Waals surface area contributed by atoms with Crippen LogP contribution in [-0.4, -0.2) is 14.8 Å². The van der Waals surface area contributed by atoms with Gasteiger partial charge >= 0.3 is 0 Å². The largest absolute Gasteiger partial charge is 0.318 e. The predicted molar refractivity (Wildman–Crippen MR) is 61.2 cm³/mol. The molecule has 0 radical (unpaired) electrons. The maximum Gasteiger partial charge on any atom is 0.0930 e. The number of aromatic nitrogens is 3. The van der Waals surface area contributed by atoms with Crippen LogP contribution in [0.2, 0.25) is 0 Å². The van der Waals surface area contributed by atoms with Gasteiger partial charge in [0, 0.05) is 23.9 Å². The molecule has 0 bridgehead atoms. The van der Waals surface area contributed by atoms with E-state index in [-0.39, 0.29) is 6.04 Å². The van der Waals surface area contributed by atoms with Crippen molar-refractivity contribution in [3.8, 4) is 0 Å². The molecule has 0 saturated carbocycles. The molecule has 0 amide bonds. The fourth-order valence-electron chi connectivity index (χ4n) is 1.37. The molecule has 78 valence electrons. The van der Waals surface area contributed by atoms with Crippen LogP contribution in [0.3, 0.4) is 0 Å². The highest BCUT2D eigenvalue weighted by atomic mass is 79.9. The molecule has 4 nitrogen and oxygen atoms in total. The van der Waals surface area contributed by atoms with E-state index in [2.05, 4.69) is 26.0 Å². The van der Waals surface area contributed by atoms with Gasteiger partial charge in [0.25, 0.3) is 0 Å². The van der Waals surface area contributed by atoms with Crippen molar-refractivity contribution in [1.82, 2.24) is 14.8 Å². The molecule has 0 aliphatic heterocycles. The zero-order valence-corrected chi connectivity index (χ0v) is 9.85. The molecular weight excluding hydrogens is 256 g/mol. The average molecular weight is 267 g/mol. The Morgan fingerprint density at radius 1 is 1.47 bits per heavy atom. The third-order valence-electron chi connectivity index (χ3n) is 2.13. The molecule has 2 aromatic rings. The molecule has 0 aliphatic rings. The Morgan fingerprint density at radius 3 is 2.87 bits per heavy atom. The van der Waals surface area contributed by atoms with E-state index in [1.54, 1.807) is 10.9 Å². The van der Waals surface area contributed by atoms with Gasteiger partial charge in [-0.2, -0.15) is 5.10 Å². The summed E-state index contributed by atoms with van der Waals surface area (Å²) in [7, 11) is 1.86. The summed E-state index contributed by atoms with van der Waals surface area (Å²) in [5.74, 6) is 0. The highest BCUT2D eigenvalue weighted by Gasteiger charge is 2.15. The lowest BCUT2D eigenvalue weighted by atomic mass is 10.1. The van der Waals surface area contributed by atoms with Crippen LogP contribution >= 0.6 is 15.9 Å². The van der Waals surface area contributed by atoms with E-state index in [4.69, 9.17) is 5.73 Å². The first-order valence-corrected chi connectivity index (χ1v) is 5.33. The van der Waals surface area contributed by atoms with Crippen molar-refractivity contribution < 1.29 is 0 Å². The van der Waals surface area contributed by atoms with Gasteiger partial charge in [-0.3, -0.25) is 9.67 Å². The molecule has 2 heterocycles. The van der Waals surface area contributed by atoms with Gasteiger partial charge in [0.05, 0.1) is 17.4 Å². The quantitative estimate of drug-likeness (QED) is 0.899. The lowest BCUT2D eigenvalue weighted by Gasteiger charge is -2.09. The SMILES string of the molecule is Cn1ccc(C(N)c2ncccc2Br)n1. The Morgan fingerprint density at radius 2 is 2.27 bits per heavy atom. The van der Waals surface area contributed by atoms with Gasteiger partial charge in [-0.05, 0) is 34.1 Å². The van der Waals surface area contributed by atoms with Gasteiger partial charge in [0.2, 0.25) is 0 Å². The van der Waals surface area contributed by atoms with Crippen LogP contribution in [0.25, 0.3) is 0 Å². The third kappa shape index (κ3) is 2.08. The van der Waals surface area contributed by atoms with Crippen LogP contribution in [0.5, 0.6) is 0 Å². The van der Waals surface area contributed by atoms with Crippen LogP contribution in [0, 0.1) is 0 Å². The number of rotatable bonds is 2. The predicted octanol–water partition coefficient (Wildman–Crippen LogP) is 1.63. The van der Waals surface area contributed by atoms with Crippen LogP contribution in [0.15, 0.2) is 35.1 Å². The Labute approximate surface area is 96.3 Å². The van der Waals surface area contributed by atoms with Gasteiger partial charge < -0.3 is 5.73 Å². The molecule has 5 heteroatoms. The summed E-state index contributed by atoms with van der Waals surface area (Å²) < 4.78 is 2.63. The Hall–Kier alpha value is -1.20. The molecule has 2 rings (SSSR count). The Bertz CT molecular complexity index is 466. The number of hydrogen-bond acceptors (Lipinski definition) is 3. The normalized spacial score (nSPS) is 12.7. The van der Waals surface area contributed by atoms with Gasteiger partial charge in [0.15, 0.2) is 0 Å². The molecular formula is C10H11BrN4. The Balaban J connectivity index is 2.36. The molecule has 0 fully saturated rings. The number of pyridine rings is 1. The lowest BCUT2D eigenvalue weighted by molar-refractivity contribution is 0.705. The van der Waals surface area contributed by atoms with E-state index in [1.807, 2.05) is 31.4 Å². The molecule has 15 heavy (non-hydrogen) atoms. The molecule has 2 aromatic heterocycles. The smallest absolute Gasteiger partial charge is 0.0930 e. The minimum atomic E-state index is -0.290. The second-order valence-corrected chi connectivity index (χ2v) is 4.12. The van der Waals surface area contributed by atoms with Crippen molar-refractivity contribution in [3.63, 3.8) is 0 Å². The summed E-state index contributed by atoms with van der Waals surface area (Å²) in [5, 5.41) is 4.26. The zero-order valence-electron chi connectivity index (χ0n) is 8.26. The van der Waals surface area contributed by atoms with Crippen LogP contribution in [0.1, 0.15) is 17.4 Å². The maximum absolute atomic E-state index is 6.06. The molecule has 0 aromatic carbocycles. The number of halogens is 1. The minimum Gasteiger partial charge on any atom is -0.318 e.